The molecule has 0 aromatic carbocycles. The number of hydrogen-bond acceptors (Lipinski definition) is 4. The maximum Gasteiger partial charge on any atom is 0.126 e. The van der Waals surface area contributed by atoms with Crippen LogP contribution < -0.4 is 0 Å². The SMILES string of the molecule is CC(C)N1CCOC[C@H]1c1ncc(-c2ccc(Cl)s2)[nH]1. The first-order chi connectivity index (χ1) is 9.65. The molecule has 1 N–H and O–H groups in total. The molecule has 0 bridgehead atoms. The number of H-pyrrole nitrogens is 1. The fourth-order valence-corrected chi connectivity index (χ4v) is 3.57. The van der Waals surface area contributed by atoms with Crippen LogP contribution in [0.25, 0.3) is 10.6 Å². The molecule has 1 aliphatic rings. The number of thiophene rings is 1. The van der Waals surface area contributed by atoms with Gasteiger partial charge in [0.25, 0.3) is 0 Å². The number of aromatic amines is 1. The van der Waals surface area contributed by atoms with Crippen molar-refractivity contribution in [2.24, 2.45) is 0 Å². The van der Waals surface area contributed by atoms with Crippen LogP contribution in [0.2, 0.25) is 4.34 Å². The molecule has 1 atom stereocenters. The number of nitrogens with zero attached hydrogens (tertiary/aromatic N) is 2. The molecular formula is C14H18ClN3OS. The molecule has 0 radical (unpaired) electrons. The van der Waals surface area contributed by atoms with Crippen LogP contribution in [0.1, 0.15) is 25.7 Å². The molecular weight excluding hydrogens is 294 g/mol. The minimum atomic E-state index is 0.202. The van der Waals surface area contributed by atoms with Gasteiger partial charge in [-0.15, -0.1) is 11.3 Å². The molecule has 0 amide bonds. The molecule has 0 unspecified atom stereocenters. The summed E-state index contributed by atoms with van der Waals surface area (Å²) in [5, 5.41) is 0. The number of hydrogen-bond donors (Lipinski definition) is 1. The molecule has 4 nitrogen and oxygen atoms in total. The molecule has 2 aromatic rings. The van der Waals surface area contributed by atoms with Crippen molar-refractivity contribution in [2.45, 2.75) is 25.9 Å². The molecule has 108 valence electrons. The van der Waals surface area contributed by atoms with Gasteiger partial charge >= 0.3 is 0 Å². The highest BCUT2D eigenvalue weighted by Gasteiger charge is 2.28. The Labute approximate surface area is 127 Å². The number of halogens is 1. The topological polar surface area (TPSA) is 41.1 Å². The van der Waals surface area contributed by atoms with Gasteiger partial charge in [0.1, 0.15) is 5.82 Å². The smallest absolute Gasteiger partial charge is 0.126 e. The summed E-state index contributed by atoms with van der Waals surface area (Å²) in [6.07, 6.45) is 1.88. The summed E-state index contributed by atoms with van der Waals surface area (Å²) in [5.74, 6) is 0.970. The van der Waals surface area contributed by atoms with Crippen molar-refractivity contribution in [3.05, 3.63) is 28.5 Å². The normalized spacial score (nSPS) is 20.7. The van der Waals surface area contributed by atoms with E-state index in [4.69, 9.17) is 16.3 Å². The fourth-order valence-electron chi connectivity index (χ4n) is 2.56. The fraction of sp³-hybridized carbons (Fsp3) is 0.500. The first kappa shape index (κ1) is 14.1. The number of rotatable bonds is 3. The van der Waals surface area contributed by atoms with Crippen molar-refractivity contribution in [3.8, 4) is 10.6 Å². The van der Waals surface area contributed by atoms with Crippen molar-refractivity contribution < 1.29 is 4.74 Å². The second-order valence-electron chi connectivity index (χ2n) is 5.21. The number of imidazole rings is 1. The maximum atomic E-state index is 5.99. The van der Waals surface area contributed by atoms with Gasteiger partial charge < -0.3 is 9.72 Å². The highest BCUT2D eigenvalue weighted by molar-refractivity contribution is 7.19. The molecule has 0 aliphatic carbocycles. The van der Waals surface area contributed by atoms with Gasteiger partial charge in [-0.05, 0) is 26.0 Å². The lowest BCUT2D eigenvalue weighted by Gasteiger charge is -2.37. The Hall–Kier alpha value is -0.880. The summed E-state index contributed by atoms with van der Waals surface area (Å²) in [4.78, 5) is 11.5. The lowest BCUT2D eigenvalue weighted by Crippen LogP contribution is -2.43. The minimum Gasteiger partial charge on any atom is -0.378 e. The molecule has 6 heteroatoms. The van der Waals surface area contributed by atoms with E-state index in [9.17, 15) is 0 Å². The molecule has 1 saturated heterocycles. The molecule has 20 heavy (non-hydrogen) atoms. The van der Waals surface area contributed by atoms with Gasteiger partial charge in [-0.25, -0.2) is 4.98 Å². The van der Waals surface area contributed by atoms with Gasteiger partial charge in [-0.3, -0.25) is 4.90 Å². The second-order valence-corrected chi connectivity index (χ2v) is 6.92. The van der Waals surface area contributed by atoms with Crippen LogP contribution in [-0.4, -0.2) is 40.7 Å². The standard InChI is InChI=1S/C14H18ClN3OS/c1-9(2)18-5-6-19-8-11(18)14-16-7-10(17-14)12-3-4-13(15)20-12/h3-4,7,9,11H,5-6,8H2,1-2H3,(H,16,17)/t11-/m0/s1. The van der Waals surface area contributed by atoms with Gasteiger partial charge in [-0.2, -0.15) is 0 Å². The van der Waals surface area contributed by atoms with Crippen LogP contribution in [0.3, 0.4) is 0 Å². The van der Waals surface area contributed by atoms with Crippen molar-refractivity contribution in [1.29, 1.82) is 0 Å². The molecule has 2 aromatic heterocycles. The van der Waals surface area contributed by atoms with Crippen LogP contribution in [0.5, 0.6) is 0 Å². The highest BCUT2D eigenvalue weighted by atomic mass is 35.5. The first-order valence-electron chi connectivity index (χ1n) is 6.79. The van der Waals surface area contributed by atoms with E-state index in [1.54, 1.807) is 11.3 Å². The summed E-state index contributed by atoms with van der Waals surface area (Å²) >= 11 is 7.54. The predicted molar refractivity (Wildman–Crippen MR) is 82.3 cm³/mol. The maximum absolute atomic E-state index is 5.99. The Morgan fingerprint density at radius 2 is 2.35 bits per heavy atom. The Balaban J connectivity index is 1.85. The zero-order chi connectivity index (χ0) is 14.1. The van der Waals surface area contributed by atoms with E-state index in [0.717, 1.165) is 33.9 Å². The van der Waals surface area contributed by atoms with Crippen molar-refractivity contribution in [3.63, 3.8) is 0 Å². The Morgan fingerprint density at radius 1 is 1.50 bits per heavy atom. The van der Waals surface area contributed by atoms with Gasteiger partial charge in [0, 0.05) is 12.6 Å². The Kier molecular flexibility index (Phi) is 4.12. The van der Waals surface area contributed by atoms with Crippen LogP contribution in [0, 0.1) is 0 Å². The number of nitrogens with one attached hydrogen (secondary N) is 1. The molecule has 3 rings (SSSR count). The summed E-state index contributed by atoms with van der Waals surface area (Å²) in [6.45, 7) is 6.85. The summed E-state index contributed by atoms with van der Waals surface area (Å²) in [6, 6.07) is 4.61. The summed E-state index contributed by atoms with van der Waals surface area (Å²) in [5.41, 5.74) is 1.02. The van der Waals surface area contributed by atoms with E-state index in [2.05, 4.69) is 28.7 Å². The van der Waals surface area contributed by atoms with E-state index in [1.165, 1.54) is 0 Å². The van der Waals surface area contributed by atoms with Gasteiger partial charge in [0.15, 0.2) is 0 Å². The van der Waals surface area contributed by atoms with Gasteiger partial charge in [0.2, 0.25) is 0 Å². The summed E-state index contributed by atoms with van der Waals surface area (Å²) < 4.78 is 6.41. The third-order valence-electron chi connectivity index (χ3n) is 3.58. The zero-order valence-corrected chi connectivity index (χ0v) is 13.2. The lowest BCUT2D eigenvalue weighted by atomic mass is 10.1. The van der Waals surface area contributed by atoms with Crippen molar-refractivity contribution in [1.82, 2.24) is 14.9 Å². The van der Waals surface area contributed by atoms with Gasteiger partial charge in [-0.1, -0.05) is 11.6 Å². The van der Waals surface area contributed by atoms with Crippen LogP contribution in [-0.2, 0) is 4.74 Å². The van der Waals surface area contributed by atoms with E-state index < -0.39 is 0 Å². The molecule has 0 saturated carbocycles. The zero-order valence-electron chi connectivity index (χ0n) is 11.6. The highest BCUT2D eigenvalue weighted by Crippen LogP contribution is 2.31. The molecule has 3 heterocycles. The average Bonchev–Trinajstić information content (AvgIpc) is 3.07. The van der Waals surface area contributed by atoms with Crippen LogP contribution in [0.4, 0.5) is 0 Å². The van der Waals surface area contributed by atoms with Crippen LogP contribution >= 0.6 is 22.9 Å². The number of ether oxygens (including phenoxy) is 1. The molecule has 0 spiro atoms. The lowest BCUT2D eigenvalue weighted by molar-refractivity contribution is -0.0262. The third-order valence-corrected chi connectivity index (χ3v) is 4.85. The number of aromatic nitrogens is 2. The average molecular weight is 312 g/mol. The van der Waals surface area contributed by atoms with E-state index in [-0.39, 0.29) is 6.04 Å². The summed E-state index contributed by atoms with van der Waals surface area (Å²) in [7, 11) is 0. The van der Waals surface area contributed by atoms with E-state index in [1.807, 2.05) is 18.3 Å². The third kappa shape index (κ3) is 2.76. The van der Waals surface area contributed by atoms with Gasteiger partial charge in [0.05, 0.1) is 40.4 Å². The predicted octanol–water partition coefficient (Wildman–Crippen LogP) is 3.57. The second kappa shape index (κ2) is 5.85. The molecule has 1 fully saturated rings. The van der Waals surface area contributed by atoms with Crippen molar-refractivity contribution in [2.75, 3.05) is 19.8 Å². The minimum absolute atomic E-state index is 0.202. The molecule has 1 aliphatic heterocycles. The monoisotopic (exact) mass is 311 g/mol. The van der Waals surface area contributed by atoms with Crippen molar-refractivity contribution >= 4 is 22.9 Å². The van der Waals surface area contributed by atoms with Crippen LogP contribution in [0.15, 0.2) is 18.3 Å². The number of morpholine rings is 1. The van der Waals surface area contributed by atoms with E-state index in [0.29, 0.717) is 12.6 Å². The first-order valence-corrected chi connectivity index (χ1v) is 7.98. The quantitative estimate of drug-likeness (QED) is 0.942. The Bertz CT molecular complexity index is 580. The van der Waals surface area contributed by atoms with E-state index >= 15 is 0 Å². The largest absolute Gasteiger partial charge is 0.378 e. The Morgan fingerprint density at radius 3 is 3.05 bits per heavy atom.